The molecule has 3 heteroatoms. The summed E-state index contributed by atoms with van der Waals surface area (Å²) < 4.78 is 0. The third kappa shape index (κ3) is 4.67. The van der Waals surface area contributed by atoms with Crippen LogP contribution < -0.4 is 10.6 Å². The van der Waals surface area contributed by atoms with Crippen molar-refractivity contribution in [1.29, 1.82) is 0 Å². The van der Waals surface area contributed by atoms with E-state index < -0.39 is 0 Å². The van der Waals surface area contributed by atoms with Gasteiger partial charge in [0.1, 0.15) is 0 Å². The zero-order valence-corrected chi connectivity index (χ0v) is 11.9. The predicted octanol–water partition coefficient (Wildman–Crippen LogP) is 2.26. The second-order valence-corrected chi connectivity index (χ2v) is 5.47. The largest absolute Gasteiger partial charge is 0.352 e. The molecular formula is C16H24N2O. The Balaban J connectivity index is 1.82. The molecule has 1 amide bonds. The Morgan fingerprint density at radius 3 is 2.58 bits per heavy atom. The van der Waals surface area contributed by atoms with Crippen LogP contribution >= 0.6 is 0 Å². The zero-order chi connectivity index (χ0) is 13.7. The highest BCUT2D eigenvalue weighted by Crippen LogP contribution is 2.18. The number of hydrogen-bond acceptors (Lipinski definition) is 2. The molecule has 3 nitrogen and oxygen atoms in total. The van der Waals surface area contributed by atoms with Crippen molar-refractivity contribution in [2.24, 2.45) is 0 Å². The van der Waals surface area contributed by atoms with E-state index in [1.165, 1.54) is 5.56 Å². The van der Waals surface area contributed by atoms with Crippen molar-refractivity contribution in [2.75, 3.05) is 0 Å². The lowest BCUT2D eigenvalue weighted by atomic mass is 10.0. The summed E-state index contributed by atoms with van der Waals surface area (Å²) in [5.41, 5.74) is 1.32. The van der Waals surface area contributed by atoms with Gasteiger partial charge in [0.15, 0.2) is 0 Å². The standard InChI is InChI=1S/C16H24N2O/c1-3-14(11-13-7-5-4-6-8-13)17-12(2)16(19)18-15-9-10-15/h4-8,12,14-15,17H,3,9-11H2,1-2H3,(H,18,19). The van der Waals surface area contributed by atoms with E-state index in [0.29, 0.717) is 12.1 Å². The quantitative estimate of drug-likeness (QED) is 0.789. The Hall–Kier alpha value is -1.35. The molecule has 0 radical (unpaired) electrons. The molecule has 1 aromatic rings. The van der Waals surface area contributed by atoms with Gasteiger partial charge in [-0.1, -0.05) is 37.3 Å². The fourth-order valence-corrected chi connectivity index (χ4v) is 2.20. The number of carbonyl (C=O) groups excluding carboxylic acids is 1. The Labute approximate surface area is 115 Å². The zero-order valence-electron chi connectivity index (χ0n) is 11.9. The van der Waals surface area contributed by atoms with Gasteiger partial charge in [0.2, 0.25) is 5.91 Å². The molecule has 1 aromatic carbocycles. The van der Waals surface area contributed by atoms with Crippen LogP contribution in [0.15, 0.2) is 30.3 Å². The van der Waals surface area contributed by atoms with Crippen molar-refractivity contribution >= 4 is 5.91 Å². The maximum Gasteiger partial charge on any atom is 0.237 e. The van der Waals surface area contributed by atoms with Crippen molar-refractivity contribution in [3.63, 3.8) is 0 Å². The van der Waals surface area contributed by atoms with E-state index in [1.54, 1.807) is 0 Å². The summed E-state index contributed by atoms with van der Waals surface area (Å²) in [4.78, 5) is 11.9. The molecule has 1 aliphatic rings. The first-order chi connectivity index (χ1) is 9.19. The van der Waals surface area contributed by atoms with Crippen LogP contribution in [0.3, 0.4) is 0 Å². The highest BCUT2D eigenvalue weighted by atomic mass is 16.2. The van der Waals surface area contributed by atoms with Gasteiger partial charge in [0, 0.05) is 12.1 Å². The molecule has 2 atom stereocenters. The minimum absolute atomic E-state index is 0.116. The van der Waals surface area contributed by atoms with E-state index >= 15 is 0 Å². The molecule has 2 rings (SSSR count). The summed E-state index contributed by atoms with van der Waals surface area (Å²) in [5, 5.41) is 6.48. The highest BCUT2D eigenvalue weighted by molar-refractivity contribution is 5.81. The minimum Gasteiger partial charge on any atom is -0.352 e. The monoisotopic (exact) mass is 260 g/mol. The maximum absolute atomic E-state index is 11.9. The molecule has 0 bridgehead atoms. The lowest BCUT2D eigenvalue weighted by Gasteiger charge is -2.22. The lowest BCUT2D eigenvalue weighted by Crippen LogP contribution is -2.47. The molecule has 1 saturated carbocycles. The molecule has 0 spiro atoms. The summed E-state index contributed by atoms with van der Waals surface area (Å²) in [6, 6.07) is 11.1. The normalized spacial score (nSPS) is 17.8. The fourth-order valence-electron chi connectivity index (χ4n) is 2.20. The van der Waals surface area contributed by atoms with Gasteiger partial charge in [-0.2, -0.15) is 0 Å². The van der Waals surface area contributed by atoms with Crippen LogP contribution in [0.4, 0.5) is 0 Å². The van der Waals surface area contributed by atoms with Crippen LogP contribution in [-0.2, 0) is 11.2 Å². The molecule has 0 saturated heterocycles. The number of nitrogens with one attached hydrogen (secondary N) is 2. The Kier molecular flexibility index (Phi) is 4.97. The van der Waals surface area contributed by atoms with Gasteiger partial charge in [0.25, 0.3) is 0 Å². The summed E-state index contributed by atoms with van der Waals surface area (Å²) in [7, 11) is 0. The SMILES string of the molecule is CCC(Cc1ccccc1)NC(C)C(=O)NC1CC1. The first-order valence-electron chi connectivity index (χ1n) is 7.29. The number of hydrogen-bond donors (Lipinski definition) is 2. The van der Waals surface area contributed by atoms with Gasteiger partial charge >= 0.3 is 0 Å². The Bertz CT molecular complexity index is 400. The van der Waals surface area contributed by atoms with Crippen molar-refractivity contribution in [2.45, 2.75) is 57.7 Å². The van der Waals surface area contributed by atoms with Gasteiger partial charge in [-0.3, -0.25) is 4.79 Å². The number of rotatable bonds is 7. The molecule has 104 valence electrons. The Morgan fingerprint density at radius 2 is 2.00 bits per heavy atom. The van der Waals surface area contributed by atoms with Crippen molar-refractivity contribution in [3.8, 4) is 0 Å². The smallest absolute Gasteiger partial charge is 0.237 e. The van der Waals surface area contributed by atoms with Gasteiger partial charge in [-0.15, -0.1) is 0 Å². The van der Waals surface area contributed by atoms with Crippen molar-refractivity contribution < 1.29 is 4.79 Å². The molecule has 0 aliphatic heterocycles. The second kappa shape index (κ2) is 6.71. The summed E-state index contributed by atoms with van der Waals surface area (Å²) >= 11 is 0. The first kappa shape index (κ1) is 14.1. The molecule has 2 unspecified atom stereocenters. The van der Waals surface area contributed by atoms with E-state index in [2.05, 4.69) is 41.8 Å². The van der Waals surface area contributed by atoms with Crippen LogP contribution in [0, 0.1) is 0 Å². The third-order valence-corrected chi connectivity index (χ3v) is 3.62. The van der Waals surface area contributed by atoms with Crippen LogP contribution in [0.25, 0.3) is 0 Å². The average Bonchev–Trinajstić information content (AvgIpc) is 3.23. The van der Waals surface area contributed by atoms with Gasteiger partial charge in [-0.25, -0.2) is 0 Å². The third-order valence-electron chi connectivity index (χ3n) is 3.62. The molecule has 2 N–H and O–H groups in total. The molecule has 1 fully saturated rings. The highest BCUT2D eigenvalue weighted by Gasteiger charge is 2.26. The summed E-state index contributed by atoms with van der Waals surface area (Å²) in [6.07, 6.45) is 4.27. The van der Waals surface area contributed by atoms with E-state index in [4.69, 9.17) is 0 Å². The number of amides is 1. The van der Waals surface area contributed by atoms with E-state index in [1.807, 2.05) is 13.0 Å². The van der Waals surface area contributed by atoms with Gasteiger partial charge in [-0.05, 0) is 38.2 Å². The van der Waals surface area contributed by atoms with Gasteiger partial charge < -0.3 is 10.6 Å². The molecule has 19 heavy (non-hydrogen) atoms. The van der Waals surface area contributed by atoms with Crippen molar-refractivity contribution in [1.82, 2.24) is 10.6 Å². The second-order valence-electron chi connectivity index (χ2n) is 5.47. The topological polar surface area (TPSA) is 41.1 Å². The van der Waals surface area contributed by atoms with E-state index in [-0.39, 0.29) is 11.9 Å². The molecule has 0 heterocycles. The minimum atomic E-state index is -0.116. The molecule has 1 aliphatic carbocycles. The lowest BCUT2D eigenvalue weighted by molar-refractivity contribution is -0.123. The number of benzene rings is 1. The Morgan fingerprint density at radius 1 is 1.32 bits per heavy atom. The van der Waals surface area contributed by atoms with Crippen LogP contribution in [-0.4, -0.2) is 24.0 Å². The molecular weight excluding hydrogens is 236 g/mol. The summed E-state index contributed by atoms with van der Waals surface area (Å²) in [6.45, 7) is 4.11. The van der Waals surface area contributed by atoms with Crippen LogP contribution in [0.2, 0.25) is 0 Å². The van der Waals surface area contributed by atoms with E-state index in [9.17, 15) is 4.79 Å². The predicted molar refractivity (Wildman–Crippen MR) is 78.0 cm³/mol. The molecule has 0 aromatic heterocycles. The summed E-state index contributed by atoms with van der Waals surface area (Å²) in [5.74, 6) is 0.133. The maximum atomic E-state index is 11.9. The number of carbonyl (C=O) groups is 1. The van der Waals surface area contributed by atoms with E-state index in [0.717, 1.165) is 25.7 Å². The average molecular weight is 260 g/mol. The van der Waals surface area contributed by atoms with Crippen LogP contribution in [0.1, 0.15) is 38.7 Å². The van der Waals surface area contributed by atoms with Crippen LogP contribution in [0.5, 0.6) is 0 Å². The fraction of sp³-hybridized carbons (Fsp3) is 0.562. The van der Waals surface area contributed by atoms with Gasteiger partial charge in [0.05, 0.1) is 6.04 Å². The first-order valence-corrected chi connectivity index (χ1v) is 7.29. The van der Waals surface area contributed by atoms with Crippen molar-refractivity contribution in [3.05, 3.63) is 35.9 Å².